The number of halogens is 3. The van der Waals surface area contributed by atoms with E-state index in [1.807, 2.05) is 0 Å². The summed E-state index contributed by atoms with van der Waals surface area (Å²) in [4.78, 5) is 37.3. The van der Waals surface area contributed by atoms with E-state index >= 15 is 0 Å². The quantitative estimate of drug-likeness (QED) is 0.447. The molecule has 136 valence electrons. The topological polar surface area (TPSA) is 88.3 Å². The summed E-state index contributed by atoms with van der Waals surface area (Å²) in [6, 6.07) is 8.95. The highest BCUT2D eigenvalue weighted by Crippen LogP contribution is 2.18. The van der Waals surface area contributed by atoms with Gasteiger partial charge in [-0.1, -0.05) is 12.1 Å². The molecule has 0 fully saturated rings. The highest BCUT2D eigenvalue weighted by molar-refractivity contribution is 6.00. The van der Waals surface area contributed by atoms with Crippen molar-refractivity contribution in [2.45, 2.75) is 6.18 Å². The number of allylic oxidation sites excluding steroid dienone is 1. The Hall–Kier alpha value is -3.36. The first-order valence-electron chi connectivity index (χ1n) is 7.26. The molecule has 2 aromatic rings. The summed E-state index contributed by atoms with van der Waals surface area (Å²) in [6.07, 6.45) is -2.36. The second kappa shape index (κ2) is 8.15. The summed E-state index contributed by atoms with van der Waals surface area (Å²) in [6.45, 7) is -0.504. The number of aromatic amines is 1. The predicted molar refractivity (Wildman–Crippen MR) is 85.7 cm³/mol. The summed E-state index contributed by atoms with van der Waals surface area (Å²) in [5.74, 6) is -3.32. The van der Waals surface area contributed by atoms with E-state index in [1.54, 1.807) is 12.3 Å². The zero-order chi connectivity index (χ0) is 19.2. The van der Waals surface area contributed by atoms with E-state index in [0.29, 0.717) is 6.08 Å². The number of alkyl halides is 3. The fourth-order valence-corrected chi connectivity index (χ4v) is 1.88. The van der Waals surface area contributed by atoms with E-state index < -0.39 is 30.3 Å². The third-order valence-electron chi connectivity index (χ3n) is 3.13. The van der Waals surface area contributed by atoms with Crippen molar-refractivity contribution in [2.75, 3.05) is 11.9 Å². The molecule has 0 unspecified atom stereocenters. The molecule has 1 aromatic heterocycles. The van der Waals surface area contributed by atoms with Crippen LogP contribution in [0.2, 0.25) is 0 Å². The minimum absolute atomic E-state index is 0.00380. The molecule has 9 heteroatoms. The van der Waals surface area contributed by atoms with Crippen molar-refractivity contribution in [3.8, 4) is 0 Å². The minimum atomic E-state index is -4.98. The molecule has 1 heterocycles. The van der Waals surface area contributed by atoms with Gasteiger partial charge < -0.3 is 15.0 Å². The third kappa shape index (κ3) is 5.07. The maximum Gasteiger partial charge on any atom is 0.454 e. The van der Waals surface area contributed by atoms with E-state index in [1.165, 1.54) is 30.3 Å². The largest absolute Gasteiger partial charge is 0.454 e. The van der Waals surface area contributed by atoms with Crippen molar-refractivity contribution in [3.05, 3.63) is 66.1 Å². The summed E-state index contributed by atoms with van der Waals surface area (Å²) >= 11 is 0. The van der Waals surface area contributed by atoms with Crippen LogP contribution in [-0.4, -0.2) is 35.3 Å². The molecule has 26 heavy (non-hydrogen) atoms. The van der Waals surface area contributed by atoms with Crippen molar-refractivity contribution < 1.29 is 32.3 Å². The van der Waals surface area contributed by atoms with Crippen LogP contribution in [0.5, 0.6) is 0 Å². The smallest absolute Gasteiger partial charge is 0.454 e. The predicted octanol–water partition coefficient (Wildman–Crippen LogP) is 3.11. The second-order valence-electron chi connectivity index (χ2n) is 4.97. The van der Waals surface area contributed by atoms with Gasteiger partial charge in [0.2, 0.25) is 5.78 Å². The molecule has 2 N–H and O–H groups in total. The third-order valence-corrected chi connectivity index (χ3v) is 3.13. The Morgan fingerprint density at radius 3 is 2.50 bits per heavy atom. The van der Waals surface area contributed by atoms with Crippen LogP contribution >= 0.6 is 0 Å². The Labute approximate surface area is 145 Å². The molecule has 2 rings (SSSR count). The molecule has 0 aliphatic carbocycles. The number of H-pyrrole nitrogens is 1. The number of aromatic nitrogens is 1. The van der Waals surface area contributed by atoms with Crippen LogP contribution in [0.25, 0.3) is 0 Å². The molecule has 1 aromatic carbocycles. The fourth-order valence-electron chi connectivity index (χ4n) is 1.88. The lowest BCUT2D eigenvalue weighted by molar-refractivity contribution is -0.165. The van der Waals surface area contributed by atoms with Gasteiger partial charge in [-0.2, -0.15) is 13.2 Å². The lowest BCUT2D eigenvalue weighted by Crippen LogP contribution is -2.20. The molecule has 6 nitrogen and oxygen atoms in total. The summed E-state index contributed by atoms with van der Waals surface area (Å²) < 4.78 is 41.3. The molecule has 0 spiro atoms. The number of hydrogen-bond acceptors (Lipinski definition) is 5. The maximum atomic E-state index is 12.1. The Kier molecular flexibility index (Phi) is 5.94. The monoisotopic (exact) mass is 366 g/mol. The van der Waals surface area contributed by atoms with Gasteiger partial charge in [-0.3, -0.25) is 9.59 Å². The zero-order valence-corrected chi connectivity index (χ0v) is 13.2. The van der Waals surface area contributed by atoms with Gasteiger partial charge in [-0.25, -0.2) is 4.79 Å². The highest BCUT2D eigenvalue weighted by atomic mass is 19.4. The van der Waals surface area contributed by atoms with Crippen LogP contribution in [0, 0.1) is 0 Å². The Bertz CT molecular complexity index is 827. The number of nitrogens with one attached hydrogen (secondary N) is 2. The molecule has 0 radical (unpaired) electrons. The van der Waals surface area contributed by atoms with Crippen LogP contribution in [0.3, 0.4) is 0 Å². The number of ether oxygens (including phenoxy) is 1. The minimum Gasteiger partial charge on any atom is -0.454 e. The lowest BCUT2D eigenvalue weighted by atomic mass is 10.2. The first-order valence-corrected chi connectivity index (χ1v) is 7.26. The van der Waals surface area contributed by atoms with E-state index in [4.69, 9.17) is 4.74 Å². The molecule has 0 atom stereocenters. The number of para-hydroxylation sites is 1. The second-order valence-corrected chi connectivity index (χ2v) is 4.97. The van der Waals surface area contributed by atoms with Crippen LogP contribution < -0.4 is 5.32 Å². The number of hydrogen-bond donors (Lipinski definition) is 2. The van der Waals surface area contributed by atoms with Crippen LogP contribution in [0.4, 0.5) is 18.9 Å². The number of rotatable bonds is 7. The average molecular weight is 366 g/mol. The first kappa shape index (κ1) is 19.0. The van der Waals surface area contributed by atoms with Crippen LogP contribution in [-0.2, 0) is 9.53 Å². The highest BCUT2D eigenvalue weighted by Gasteiger charge is 2.36. The molecule has 0 aliphatic heterocycles. The fraction of sp³-hybridized carbons (Fsp3) is 0.118. The van der Waals surface area contributed by atoms with E-state index in [9.17, 15) is 27.6 Å². The number of ketones is 2. The summed E-state index contributed by atoms with van der Waals surface area (Å²) in [5, 5.41) is 2.42. The van der Waals surface area contributed by atoms with Gasteiger partial charge in [0.1, 0.15) is 0 Å². The normalized spacial score (nSPS) is 11.3. The maximum absolute atomic E-state index is 12.1. The average Bonchev–Trinajstić information content (AvgIpc) is 3.13. The molecule has 0 saturated carbocycles. The summed E-state index contributed by atoms with van der Waals surface area (Å²) in [5.41, 5.74) is 0.393. The van der Waals surface area contributed by atoms with Gasteiger partial charge in [0.15, 0.2) is 6.61 Å². The zero-order valence-electron chi connectivity index (χ0n) is 13.2. The number of benzene rings is 1. The SMILES string of the molecule is O=C(COC(=O)c1ccccc1NC=CC(=O)C(F)(F)F)c1ccc[nH]1. The lowest BCUT2D eigenvalue weighted by Gasteiger charge is -2.09. The van der Waals surface area contributed by atoms with Crippen molar-refractivity contribution in [1.29, 1.82) is 0 Å². The molecular formula is C17H13F3N2O4. The Morgan fingerprint density at radius 1 is 1.12 bits per heavy atom. The van der Waals surface area contributed by atoms with Gasteiger partial charge >= 0.3 is 12.1 Å². The van der Waals surface area contributed by atoms with E-state index in [-0.39, 0.29) is 16.9 Å². The van der Waals surface area contributed by atoms with E-state index in [0.717, 1.165) is 6.20 Å². The number of anilines is 1. The van der Waals surface area contributed by atoms with Gasteiger partial charge in [0.05, 0.1) is 16.9 Å². The molecular weight excluding hydrogens is 353 g/mol. The van der Waals surface area contributed by atoms with Crippen LogP contribution in [0.15, 0.2) is 54.9 Å². The molecule has 0 bridgehead atoms. The van der Waals surface area contributed by atoms with Crippen molar-refractivity contribution >= 4 is 23.2 Å². The number of carbonyl (C=O) groups excluding carboxylic acids is 3. The molecule has 0 saturated heterocycles. The molecule has 0 amide bonds. The number of carbonyl (C=O) groups is 3. The first-order chi connectivity index (χ1) is 12.3. The standard InChI is InChI=1S/C17H13F3N2O4/c18-17(19,20)15(24)7-9-22-12-5-2-1-4-11(12)16(25)26-10-14(23)13-6-3-8-21-13/h1-9,21-22H,10H2. The molecule has 0 aliphatic rings. The van der Waals surface area contributed by atoms with Crippen LogP contribution in [0.1, 0.15) is 20.8 Å². The Morgan fingerprint density at radius 2 is 1.85 bits per heavy atom. The van der Waals surface area contributed by atoms with E-state index in [2.05, 4.69) is 10.3 Å². The van der Waals surface area contributed by atoms with Gasteiger partial charge in [0, 0.05) is 18.5 Å². The van der Waals surface area contributed by atoms with Crippen molar-refractivity contribution in [3.63, 3.8) is 0 Å². The van der Waals surface area contributed by atoms with Gasteiger partial charge in [-0.15, -0.1) is 0 Å². The number of Topliss-reactive ketones (excluding diaryl/α,β-unsaturated/α-hetero) is 1. The van der Waals surface area contributed by atoms with Gasteiger partial charge in [-0.05, 0) is 24.3 Å². The summed E-state index contributed by atoms with van der Waals surface area (Å²) in [7, 11) is 0. The number of esters is 1. The Balaban J connectivity index is 2.01. The van der Waals surface area contributed by atoms with Crippen molar-refractivity contribution in [1.82, 2.24) is 4.98 Å². The van der Waals surface area contributed by atoms with Gasteiger partial charge in [0.25, 0.3) is 5.78 Å². The van der Waals surface area contributed by atoms with Crippen molar-refractivity contribution in [2.24, 2.45) is 0 Å².